The highest BCUT2D eigenvalue weighted by atomic mass is 35.5. The number of nitrogens with one attached hydrogen (secondary N) is 1. The Morgan fingerprint density at radius 1 is 1.32 bits per heavy atom. The Labute approximate surface area is 137 Å². The molecule has 1 amide bonds. The second-order valence-electron chi connectivity index (χ2n) is 6.14. The van der Waals surface area contributed by atoms with Crippen molar-refractivity contribution < 1.29 is 14.3 Å². The fraction of sp³-hybridized carbons (Fsp3) is 0.588. The quantitative estimate of drug-likeness (QED) is 0.903. The van der Waals surface area contributed by atoms with Crippen molar-refractivity contribution in [1.29, 1.82) is 0 Å². The van der Waals surface area contributed by atoms with Crippen LogP contribution < -0.4 is 5.32 Å². The molecule has 2 atom stereocenters. The number of hydrogen-bond donors (Lipinski definition) is 1. The smallest absolute Gasteiger partial charge is 0.226 e. The molecule has 0 spiro atoms. The Balaban J connectivity index is 2.04. The van der Waals surface area contributed by atoms with Gasteiger partial charge in [-0.2, -0.15) is 0 Å². The first-order valence-corrected chi connectivity index (χ1v) is 8.01. The van der Waals surface area contributed by atoms with Crippen LogP contribution in [0.4, 0.5) is 0 Å². The number of carbonyl (C=O) groups excluding carboxylic acids is 1. The van der Waals surface area contributed by atoms with Crippen LogP contribution in [0.5, 0.6) is 0 Å². The van der Waals surface area contributed by atoms with Gasteiger partial charge in [0.25, 0.3) is 0 Å². The second kappa shape index (κ2) is 7.44. The summed E-state index contributed by atoms with van der Waals surface area (Å²) in [5, 5.41) is 3.79. The summed E-state index contributed by atoms with van der Waals surface area (Å²) in [7, 11) is 1.65. The van der Waals surface area contributed by atoms with Crippen molar-refractivity contribution in [3.8, 4) is 0 Å². The maximum Gasteiger partial charge on any atom is 0.226 e. The summed E-state index contributed by atoms with van der Waals surface area (Å²) in [5.74, 6) is 0.0688. The van der Waals surface area contributed by atoms with Crippen LogP contribution in [-0.4, -0.2) is 32.3 Å². The number of benzene rings is 1. The Kier molecular flexibility index (Phi) is 5.84. The Hall–Kier alpha value is -1.10. The van der Waals surface area contributed by atoms with Crippen LogP contribution in [0.2, 0.25) is 5.02 Å². The molecule has 1 aliphatic rings. The highest BCUT2D eigenvalue weighted by Gasteiger charge is 2.36. The molecular weight excluding hydrogens is 302 g/mol. The molecule has 0 aliphatic carbocycles. The molecule has 0 aromatic heterocycles. The molecule has 22 heavy (non-hydrogen) atoms. The maximum atomic E-state index is 12.6. The Morgan fingerprint density at radius 3 is 2.45 bits per heavy atom. The number of amides is 1. The number of methoxy groups -OCH3 is 1. The van der Waals surface area contributed by atoms with Crippen LogP contribution >= 0.6 is 11.6 Å². The van der Waals surface area contributed by atoms with Gasteiger partial charge in [-0.1, -0.05) is 30.7 Å². The molecule has 1 aliphatic heterocycles. The van der Waals surface area contributed by atoms with Crippen molar-refractivity contribution in [1.82, 2.24) is 5.32 Å². The molecule has 5 heteroatoms. The van der Waals surface area contributed by atoms with E-state index in [9.17, 15) is 4.79 Å². The fourth-order valence-corrected chi connectivity index (χ4v) is 2.91. The van der Waals surface area contributed by atoms with Crippen molar-refractivity contribution in [2.24, 2.45) is 5.41 Å². The monoisotopic (exact) mass is 325 g/mol. The van der Waals surface area contributed by atoms with Gasteiger partial charge in [0.2, 0.25) is 5.91 Å². The summed E-state index contributed by atoms with van der Waals surface area (Å²) in [6.07, 6.45) is 1.30. The van der Waals surface area contributed by atoms with Gasteiger partial charge in [0.05, 0.1) is 11.5 Å². The number of ether oxygens (including phenoxy) is 2. The summed E-state index contributed by atoms with van der Waals surface area (Å²) in [6.45, 7) is 5.25. The average Bonchev–Trinajstić information content (AvgIpc) is 2.50. The molecule has 4 nitrogen and oxygen atoms in total. The third-order valence-corrected chi connectivity index (χ3v) is 4.66. The number of carbonyl (C=O) groups is 1. The molecule has 1 N–H and O–H groups in total. The molecule has 1 saturated heterocycles. The van der Waals surface area contributed by atoms with E-state index in [0.29, 0.717) is 18.2 Å². The standard InChI is InChI=1S/C17H24ClNO3/c1-12(15(21-3)13-4-6-14(18)7-5-13)19-16(20)17(2)8-10-22-11-9-17/h4-7,12,15H,8-11H2,1-3H3,(H,19,20)/t12-,15+/m1/s1. The van der Waals surface area contributed by atoms with Crippen LogP contribution in [-0.2, 0) is 14.3 Å². The second-order valence-corrected chi connectivity index (χ2v) is 6.58. The van der Waals surface area contributed by atoms with Gasteiger partial charge in [0.1, 0.15) is 6.10 Å². The van der Waals surface area contributed by atoms with Gasteiger partial charge < -0.3 is 14.8 Å². The normalized spacial score (nSPS) is 20.2. The zero-order valence-corrected chi connectivity index (χ0v) is 14.2. The maximum absolute atomic E-state index is 12.6. The number of rotatable bonds is 5. The Morgan fingerprint density at radius 2 is 1.91 bits per heavy atom. The van der Waals surface area contributed by atoms with E-state index in [1.807, 2.05) is 38.1 Å². The van der Waals surface area contributed by atoms with Crippen LogP contribution in [0.25, 0.3) is 0 Å². The van der Waals surface area contributed by atoms with Crippen LogP contribution in [0, 0.1) is 5.41 Å². The van der Waals surface area contributed by atoms with E-state index < -0.39 is 0 Å². The highest BCUT2D eigenvalue weighted by Crippen LogP contribution is 2.31. The van der Waals surface area contributed by atoms with Crippen molar-refractivity contribution in [2.45, 2.75) is 38.8 Å². The zero-order chi connectivity index (χ0) is 16.2. The van der Waals surface area contributed by atoms with Gasteiger partial charge in [-0.15, -0.1) is 0 Å². The lowest BCUT2D eigenvalue weighted by molar-refractivity contribution is -0.137. The van der Waals surface area contributed by atoms with E-state index in [0.717, 1.165) is 18.4 Å². The number of halogens is 1. The summed E-state index contributed by atoms with van der Waals surface area (Å²) in [5.41, 5.74) is 0.641. The predicted molar refractivity (Wildman–Crippen MR) is 87.0 cm³/mol. The van der Waals surface area contributed by atoms with E-state index in [4.69, 9.17) is 21.1 Å². The molecule has 2 rings (SSSR count). The molecule has 122 valence electrons. The van der Waals surface area contributed by atoms with Gasteiger partial charge in [-0.3, -0.25) is 4.79 Å². The largest absolute Gasteiger partial charge is 0.381 e. The molecule has 1 heterocycles. The molecule has 1 fully saturated rings. The lowest BCUT2D eigenvalue weighted by atomic mass is 9.81. The minimum absolute atomic E-state index is 0.0688. The topological polar surface area (TPSA) is 47.6 Å². The molecule has 0 bridgehead atoms. The highest BCUT2D eigenvalue weighted by molar-refractivity contribution is 6.30. The third-order valence-electron chi connectivity index (χ3n) is 4.41. The molecule has 1 aromatic carbocycles. The van der Waals surface area contributed by atoms with Gasteiger partial charge in [-0.25, -0.2) is 0 Å². The minimum Gasteiger partial charge on any atom is -0.381 e. The Bertz CT molecular complexity index is 497. The SMILES string of the molecule is CO[C@H](c1ccc(Cl)cc1)[C@@H](C)NC(=O)C1(C)CCOCC1. The molecule has 0 saturated carbocycles. The van der Waals surface area contributed by atoms with Crippen molar-refractivity contribution in [2.75, 3.05) is 20.3 Å². The van der Waals surface area contributed by atoms with Crippen LogP contribution in [0.3, 0.4) is 0 Å². The van der Waals surface area contributed by atoms with Gasteiger partial charge in [-0.05, 0) is 37.5 Å². The summed E-state index contributed by atoms with van der Waals surface area (Å²) >= 11 is 5.92. The molecule has 0 unspecified atom stereocenters. The summed E-state index contributed by atoms with van der Waals surface area (Å²) in [4.78, 5) is 12.6. The summed E-state index contributed by atoms with van der Waals surface area (Å²) in [6, 6.07) is 7.39. The van der Waals surface area contributed by atoms with Gasteiger partial charge in [0.15, 0.2) is 0 Å². The lowest BCUT2D eigenvalue weighted by Gasteiger charge is -2.34. The molecular formula is C17H24ClNO3. The van der Waals surface area contributed by atoms with E-state index in [2.05, 4.69) is 5.32 Å². The minimum atomic E-state index is -0.356. The van der Waals surface area contributed by atoms with Crippen molar-refractivity contribution >= 4 is 17.5 Å². The van der Waals surface area contributed by atoms with Crippen molar-refractivity contribution in [3.05, 3.63) is 34.9 Å². The van der Waals surface area contributed by atoms with Gasteiger partial charge in [0, 0.05) is 25.3 Å². The van der Waals surface area contributed by atoms with E-state index >= 15 is 0 Å². The van der Waals surface area contributed by atoms with Crippen LogP contribution in [0.15, 0.2) is 24.3 Å². The fourth-order valence-electron chi connectivity index (χ4n) is 2.79. The number of hydrogen-bond acceptors (Lipinski definition) is 3. The van der Waals surface area contributed by atoms with Gasteiger partial charge >= 0.3 is 0 Å². The molecule has 0 radical (unpaired) electrons. The third kappa shape index (κ3) is 4.00. The van der Waals surface area contributed by atoms with E-state index in [1.54, 1.807) is 7.11 Å². The first-order valence-electron chi connectivity index (χ1n) is 7.63. The van der Waals surface area contributed by atoms with Crippen molar-refractivity contribution in [3.63, 3.8) is 0 Å². The average molecular weight is 326 g/mol. The predicted octanol–water partition coefficient (Wildman–Crippen LogP) is 3.35. The zero-order valence-electron chi connectivity index (χ0n) is 13.4. The van der Waals surface area contributed by atoms with E-state index in [1.165, 1.54) is 0 Å². The summed E-state index contributed by atoms with van der Waals surface area (Å²) < 4.78 is 10.9. The van der Waals surface area contributed by atoms with E-state index in [-0.39, 0.29) is 23.5 Å². The van der Waals surface area contributed by atoms with Crippen LogP contribution in [0.1, 0.15) is 38.4 Å². The lowest BCUT2D eigenvalue weighted by Crippen LogP contribution is -2.47. The first kappa shape index (κ1) is 17.3. The molecule has 1 aromatic rings. The first-order chi connectivity index (χ1) is 10.5.